The number of hydrogen-bond acceptors (Lipinski definition) is 4. The molecule has 2 amide bonds. The summed E-state index contributed by atoms with van der Waals surface area (Å²) in [6.07, 6.45) is 1.31. The Morgan fingerprint density at radius 2 is 2.26 bits per heavy atom. The van der Waals surface area contributed by atoms with Gasteiger partial charge < -0.3 is 15.0 Å². The van der Waals surface area contributed by atoms with Crippen LogP contribution in [0.3, 0.4) is 0 Å². The predicted molar refractivity (Wildman–Crippen MR) is 92.1 cm³/mol. The molecule has 0 aliphatic carbocycles. The van der Waals surface area contributed by atoms with E-state index in [9.17, 15) is 9.59 Å². The number of halogens is 1. The zero-order chi connectivity index (χ0) is 16.8. The summed E-state index contributed by atoms with van der Waals surface area (Å²) in [5.41, 5.74) is 1.43. The lowest BCUT2D eigenvalue weighted by Gasteiger charge is -2.30. The van der Waals surface area contributed by atoms with Crippen molar-refractivity contribution in [2.45, 2.75) is 37.6 Å². The molecule has 0 spiro atoms. The predicted octanol–water partition coefficient (Wildman–Crippen LogP) is 3.05. The third-order valence-electron chi connectivity index (χ3n) is 4.49. The molecule has 1 aromatic carbocycles. The highest BCUT2D eigenvalue weighted by Crippen LogP contribution is 2.47. The number of rotatable bonds is 3. The number of nitrogens with one attached hydrogen (secondary N) is 1. The Kier molecular flexibility index (Phi) is 4.23. The van der Waals surface area contributed by atoms with Crippen molar-refractivity contribution in [3.8, 4) is 5.75 Å². The van der Waals surface area contributed by atoms with Crippen molar-refractivity contribution in [2.75, 3.05) is 18.2 Å². The van der Waals surface area contributed by atoms with Gasteiger partial charge in [-0.05, 0) is 31.9 Å². The fraction of sp³-hybridized carbons (Fsp3) is 0.500. The largest absolute Gasteiger partial charge is 0.495 e. The number of ether oxygens (including phenoxy) is 1. The minimum Gasteiger partial charge on any atom is -0.495 e. The highest BCUT2D eigenvalue weighted by Gasteiger charge is 2.52. The van der Waals surface area contributed by atoms with Gasteiger partial charge in [-0.25, -0.2) is 0 Å². The maximum Gasteiger partial charge on any atom is 0.248 e. The number of nitrogens with zero attached hydrogens (tertiary/aromatic N) is 1. The van der Waals surface area contributed by atoms with Gasteiger partial charge in [-0.2, -0.15) is 0 Å². The van der Waals surface area contributed by atoms with Crippen LogP contribution in [0.1, 0.15) is 25.3 Å². The third-order valence-corrected chi connectivity index (χ3v) is 6.40. The molecule has 1 aromatic rings. The van der Waals surface area contributed by atoms with Crippen LogP contribution in [0.4, 0.5) is 5.69 Å². The van der Waals surface area contributed by atoms with E-state index < -0.39 is 6.04 Å². The van der Waals surface area contributed by atoms with Crippen molar-refractivity contribution in [1.82, 2.24) is 4.90 Å². The quantitative estimate of drug-likeness (QED) is 0.906. The molecule has 23 heavy (non-hydrogen) atoms. The molecule has 124 valence electrons. The number of methoxy groups -OCH3 is 1. The van der Waals surface area contributed by atoms with E-state index in [4.69, 9.17) is 16.3 Å². The van der Waals surface area contributed by atoms with Gasteiger partial charge in [-0.3, -0.25) is 9.59 Å². The summed E-state index contributed by atoms with van der Waals surface area (Å²) in [5, 5.41) is 3.47. The first kappa shape index (κ1) is 16.5. The van der Waals surface area contributed by atoms with Crippen molar-refractivity contribution in [3.05, 3.63) is 22.7 Å². The number of carbonyl (C=O) groups is 2. The molecule has 0 unspecified atom stereocenters. The van der Waals surface area contributed by atoms with Crippen molar-refractivity contribution in [3.63, 3.8) is 0 Å². The number of amides is 2. The molecule has 2 fully saturated rings. The van der Waals surface area contributed by atoms with Crippen LogP contribution < -0.4 is 10.1 Å². The van der Waals surface area contributed by atoms with Crippen molar-refractivity contribution in [1.29, 1.82) is 0 Å². The van der Waals surface area contributed by atoms with Gasteiger partial charge in [0.05, 0.1) is 17.7 Å². The molecule has 7 heteroatoms. The van der Waals surface area contributed by atoms with Crippen molar-refractivity contribution in [2.24, 2.45) is 0 Å². The van der Waals surface area contributed by atoms with E-state index in [1.807, 2.05) is 13.8 Å². The number of fused-ring (bicyclic) bond motifs is 1. The van der Waals surface area contributed by atoms with Crippen LogP contribution in [0, 0.1) is 6.92 Å². The van der Waals surface area contributed by atoms with Gasteiger partial charge in [0.1, 0.15) is 11.8 Å². The summed E-state index contributed by atoms with van der Waals surface area (Å²) >= 11 is 7.76. The van der Waals surface area contributed by atoms with E-state index in [-0.39, 0.29) is 16.7 Å². The fourth-order valence-electron chi connectivity index (χ4n) is 3.16. The first-order valence-corrected chi connectivity index (χ1v) is 8.83. The Balaban J connectivity index is 1.83. The first-order chi connectivity index (χ1) is 10.9. The molecule has 1 N–H and O–H groups in total. The lowest BCUT2D eigenvalue weighted by atomic mass is 10.1. The van der Waals surface area contributed by atoms with Crippen LogP contribution in [0.5, 0.6) is 5.75 Å². The Morgan fingerprint density at radius 3 is 2.96 bits per heavy atom. The van der Waals surface area contributed by atoms with Gasteiger partial charge in [0.25, 0.3) is 0 Å². The monoisotopic (exact) mass is 354 g/mol. The average Bonchev–Trinajstić information content (AvgIpc) is 2.99. The summed E-state index contributed by atoms with van der Waals surface area (Å²) in [5.74, 6) is 0.992. The summed E-state index contributed by atoms with van der Waals surface area (Å²) in [7, 11) is 1.53. The topological polar surface area (TPSA) is 58.6 Å². The van der Waals surface area contributed by atoms with Crippen LogP contribution in [0.15, 0.2) is 12.1 Å². The van der Waals surface area contributed by atoms with Gasteiger partial charge in [-0.15, -0.1) is 11.8 Å². The van der Waals surface area contributed by atoms with Crippen LogP contribution in [0.25, 0.3) is 0 Å². The number of hydrogen-bond donors (Lipinski definition) is 1. The SMILES string of the molecule is COc1cc(Cl)c(C)cc1NC(=O)[C@@H]1CS[C@@]2(C)CCC(=O)N12. The van der Waals surface area contributed by atoms with E-state index in [0.717, 1.165) is 12.0 Å². The molecular formula is C16H19ClN2O3S. The zero-order valence-electron chi connectivity index (χ0n) is 13.3. The van der Waals surface area contributed by atoms with Crippen molar-refractivity contribution < 1.29 is 14.3 Å². The highest BCUT2D eigenvalue weighted by molar-refractivity contribution is 8.01. The Labute approximate surface area is 144 Å². The number of carbonyl (C=O) groups excluding carboxylic acids is 2. The van der Waals surface area contributed by atoms with Gasteiger partial charge >= 0.3 is 0 Å². The standard InChI is InChI=1S/C16H19ClN2O3S/c1-9-6-11(13(22-3)7-10(9)17)18-15(21)12-8-23-16(2)5-4-14(20)19(12)16/h6-7,12H,4-5,8H2,1-3H3,(H,18,21)/t12-,16-/m0/s1. The van der Waals surface area contributed by atoms with Crippen LogP contribution in [0.2, 0.25) is 5.02 Å². The van der Waals surface area contributed by atoms with E-state index in [1.165, 1.54) is 7.11 Å². The van der Waals surface area contributed by atoms with E-state index >= 15 is 0 Å². The van der Waals surface area contributed by atoms with Gasteiger partial charge in [-0.1, -0.05) is 11.6 Å². The third kappa shape index (κ3) is 2.78. The summed E-state index contributed by atoms with van der Waals surface area (Å²) in [4.78, 5) is 26.3. The van der Waals surface area contributed by atoms with Gasteiger partial charge in [0, 0.05) is 23.3 Å². The zero-order valence-corrected chi connectivity index (χ0v) is 14.9. The molecule has 0 bridgehead atoms. The summed E-state index contributed by atoms with van der Waals surface area (Å²) in [6.45, 7) is 3.90. The second-order valence-corrected chi connectivity index (χ2v) is 7.97. The number of benzene rings is 1. The Morgan fingerprint density at radius 1 is 1.52 bits per heavy atom. The van der Waals surface area contributed by atoms with Crippen LogP contribution >= 0.6 is 23.4 Å². The summed E-state index contributed by atoms with van der Waals surface area (Å²) in [6, 6.07) is 3.02. The second-order valence-electron chi connectivity index (χ2n) is 6.06. The van der Waals surface area contributed by atoms with E-state index in [1.54, 1.807) is 28.8 Å². The average molecular weight is 355 g/mol. The lowest BCUT2D eigenvalue weighted by molar-refractivity contribution is -0.135. The number of thioether (sulfide) groups is 1. The van der Waals surface area contributed by atoms with Gasteiger partial charge in [0.15, 0.2) is 0 Å². The lowest BCUT2D eigenvalue weighted by Crippen LogP contribution is -2.48. The normalized spacial score (nSPS) is 26.3. The van der Waals surface area contributed by atoms with Gasteiger partial charge in [0.2, 0.25) is 11.8 Å². The fourth-order valence-corrected chi connectivity index (χ4v) is 4.75. The molecule has 5 nitrogen and oxygen atoms in total. The second kappa shape index (κ2) is 5.91. The summed E-state index contributed by atoms with van der Waals surface area (Å²) < 4.78 is 5.29. The molecule has 2 saturated heterocycles. The minimum absolute atomic E-state index is 0.0527. The Bertz CT molecular complexity index is 682. The minimum atomic E-state index is -0.444. The molecule has 2 heterocycles. The Hall–Kier alpha value is -1.40. The maximum atomic E-state index is 12.7. The van der Waals surface area contributed by atoms with Crippen LogP contribution in [-0.4, -0.2) is 40.5 Å². The maximum absolute atomic E-state index is 12.7. The van der Waals surface area contributed by atoms with E-state index in [2.05, 4.69) is 5.32 Å². The molecule has 0 radical (unpaired) electrons. The molecule has 2 aliphatic heterocycles. The molecule has 0 saturated carbocycles. The molecule has 2 atom stereocenters. The smallest absolute Gasteiger partial charge is 0.248 e. The van der Waals surface area contributed by atoms with E-state index in [0.29, 0.717) is 28.6 Å². The van der Waals surface area contributed by atoms with Crippen LogP contribution in [-0.2, 0) is 9.59 Å². The van der Waals surface area contributed by atoms with Crippen molar-refractivity contribution >= 4 is 40.9 Å². The number of aryl methyl sites for hydroxylation is 1. The molecule has 0 aromatic heterocycles. The number of anilines is 1. The molecule has 2 aliphatic rings. The molecule has 3 rings (SSSR count). The molecular weight excluding hydrogens is 336 g/mol. The highest BCUT2D eigenvalue weighted by atomic mass is 35.5. The first-order valence-electron chi connectivity index (χ1n) is 7.47.